The molecule has 0 unspecified atom stereocenters. The Labute approximate surface area is 163 Å². The molecule has 0 heterocycles. The summed E-state index contributed by atoms with van der Waals surface area (Å²) in [5.41, 5.74) is 3.71. The van der Waals surface area contributed by atoms with E-state index < -0.39 is 0 Å². The van der Waals surface area contributed by atoms with Crippen LogP contribution in [0.5, 0.6) is 0 Å². The number of quaternary nitrogens is 1. The summed E-state index contributed by atoms with van der Waals surface area (Å²) in [5.74, 6) is 1.09. The van der Waals surface area contributed by atoms with Gasteiger partial charge >= 0.3 is 0 Å². The molecule has 0 bridgehead atoms. The van der Waals surface area contributed by atoms with Crippen molar-refractivity contribution in [1.82, 2.24) is 5.32 Å². The normalized spacial score (nSPS) is 16.4. The van der Waals surface area contributed by atoms with E-state index in [4.69, 9.17) is 0 Å². The lowest BCUT2D eigenvalue weighted by atomic mass is 9.92. The molecule has 3 N–H and O–H groups in total. The van der Waals surface area contributed by atoms with Gasteiger partial charge in [0, 0.05) is 23.1 Å². The summed E-state index contributed by atoms with van der Waals surface area (Å²) in [6.45, 7) is 8.90. The average Bonchev–Trinajstić information content (AvgIpc) is 3.47. The van der Waals surface area contributed by atoms with Gasteiger partial charge in [0.25, 0.3) is 5.91 Å². The second-order valence-corrected chi connectivity index (χ2v) is 8.45. The molecule has 3 nitrogen and oxygen atoms in total. The molecule has 3 rings (SSSR count). The number of hydrogen-bond donors (Lipinski definition) is 2. The Morgan fingerprint density at radius 2 is 1.48 bits per heavy atom. The van der Waals surface area contributed by atoms with Crippen LogP contribution in [0.2, 0.25) is 0 Å². The van der Waals surface area contributed by atoms with Crippen molar-refractivity contribution >= 4 is 5.91 Å². The highest BCUT2D eigenvalue weighted by Gasteiger charge is 2.33. The number of amides is 1. The fraction of sp³-hybridized carbons (Fsp3) is 0.458. The van der Waals surface area contributed by atoms with Crippen molar-refractivity contribution in [3.63, 3.8) is 0 Å². The molecule has 0 aliphatic heterocycles. The molecule has 0 spiro atoms. The van der Waals surface area contributed by atoms with E-state index in [1.807, 2.05) is 18.2 Å². The van der Waals surface area contributed by atoms with Crippen LogP contribution in [0.25, 0.3) is 0 Å². The lowest BCUT2D eigenvalue weighted by molar-refractivity contribution is -0.728. The summed E-state index contributed by atoms with van der Waals surface area (Å²) in [5, 5.41) is 5.45. The quantitative estimate of drug-likeness (QED) is 0.727. The molecule has 1 saturated carbocycles. The number of nitrogens with two attached hydrogens (primary N) is 1. The first-order valence-electron chi connectivity index (χ1n) is 10.3. The van der Waals surface area contributed by atoms with Gasteiger partial charge in [-0.1, -0.05) is 82.3 Å². The highest BCUT2D eigenvalue weighted by Crippen LogP contribution is 2.24. The van der Waals surface area contributed by atoms with Crippen LogP contribution in [0.3, 0.4) is 0 Å². The van der Waals surface area contributed by atoms with Crippen LogP contribution < -0.4 is 10.6 Å². The molecule has 0 aromatic heterocycles. The number of carbonyl (C=O) groups is 1. The summed E-state index contributed by atoms with van der Waals surface area (Å²) in [7, 11) is 0. The van der Waals surface area contributed by atoms with Gasteiger partial charge in [0.05, 0.1) is 0 Å². The van der Waals surface area contributed by atoms with Crippen LogP contribution in [0.15, 0.2) is 54.6 Å². The minimum Gasteiger partial charge on any atom is -0.348 e. The molecule has 27 heavy (non-hydrogen) atoms. The van der Waals surface area contributed by atoms with Crippen molar-refractivity contribution < 1.29 is 10.1 Å². The summed E-state index contributed by atoms with van der Waals surface area (Å²) >= 11 is 0. The Hall–Kier alpha value is -2.13. The fourth-order valence-corrected chi connectivity index (χ4v) is 3.56. The van der Waals surface area contributed by atoms with Crippen LogP contribution >= 0.6 is 0 Å². The van der Waals surface area contributed by atoms with E-state index in [1.54, 1.807) is 0 Å². The zero-order valence-corrected chi connectivity index (χ0v) is 17.0. The maximum absolute atomic E-state index is 13.0. The van der Waals surface area contributed by atoms with E-state index >= 15 is 0 Å². The summed E-state index contributed by atoms with van der Waals surface area (Å²) < 4.78 is 0. The van der Waals surface area contributed by atoms with E-state index in [2.05, 4.69) is 74.7 Å². The Morgan fingerprint density at radius 3 is 2.00 bits per heavy atom. The smallest absolute Gasteiger partial charge is 0.283 e. The molecule has 144 valence electrons. The molecule has 0 saturated heterocycles. The average molecular weight is 366 g/mol. The maximum atomic E-state index is 13.0. The second-order valence-electron chi connectivity index (χ2n) is 8.45. The lowest BCUT2D eigenvalue weighted by Gasteiger charge is -2.25. The van der Waals surface area contributed by atoms with Gasteiger partial charge in [-0.2, -0.15) is 0 Å². The number of benzene rings is 2. The first-order valence-corrected chi connectivity index (χ1v) is 10.3. The first kappa shape index (κ1) is 19.6. The number of carbonyl (C=O) groups excluding carboxylic acids is 1. The molecule has 1 aliphatic carbocycles. The van der Waals surface area contributed by atoms with Crippen LogP contribution in [-0.4, -0.2) is 11.9 Å². The SMILES string of the molecule is CC(C)c1ccc([C@@H]([NH2+][C@H](C(=O)NC2CC2)c2ccccc2)C(C)C)cc1. The van der Waals surface area contributed by atoms with Gasteiger partial charge in [-0.15, -0.1) is 0 Å². The Morgan fingerprint density at radius 1 is 0.889 bits per heavy atom. The zero-order valence-electron chi connectivity index (χ0n) is 17.0. The molecule has 0 radical (unpaired) electrons. The van der Waals surface area contributed by atoms with Gasteiger partial charge in [0.2, 0.25) is 0 Å². The molecule has 2 aromatic rings. The molecule has 1 aliphatic rings. The monoisotopic (exact) mass is 365 g/mol. The van der Waals surface area contributed by atoms with E-state index in [1.165, 1.54) is 11.1 Å². The standard InChI is InChI=1S/C24H32N2O/c1-16(2)18-10-12-20(13-11-18)22(17(3)4)26-23(19-8-6-5-7-9-19)24(27)25-21-14-15-21/h5-13,16-17,21-23,26H,14-15H2,1-4H3,(H,25,27)/p+1/t22-,23-/m0/s1. The lowest BCUT2D eigenvalue weighted by Crippen LogP contribution is -2.89. The third-order valence-corrected chi connectivity index (χ3v) is 5.47. The fourth-order valence-electron chi connectivity index (χ4n) is 3.56. The Balaban J connectivity index is 1.84. The maximum Gasteiger partial charge on any atom is 0.283 e. The largest absolute Gasteiger partial charge is 0.348 e. The minimum atomic E-state index is -0.219. The van der Waals surface area contributed by atoms with Crippen LogP contribution in [-0.2, 0) is 4.79 Å². The Kier molecular flexibility index (Phi) is 6.33. The van der Waals surface area contributed by atoms with Gasteiger partial charge in [-0.05, 0) is 24.3 Å². The van der Waals surface area contributed by atoms with Crippen molar-refractivity contribution in [3.8, 4) is 0 Å². The van der Waals surface area contributed by atoms with Crippen molar-refractivity contribution in [2.45, 2.75) is 64.6 Å². The van der Waals surface area contributed by atoms with Crippen molar-refractivity contribution in [3.05, 3.63) is 71.3 Å². The predicted molar refractivity (Wildman–Crippen MR) is 110 cm³/mol. The third-order valence-electron chi connectivity index (χ3n) is 5.47. The van der Waals surface area contributed by atoms with Gasteiger partial charge in [0.15, 0.2) is 6.04 Å². The summed E-state index contributed by atoms with van der Waals surface area (Å²) in [4.78, 5) is 13.0. The molecule has 1 amide bonds. The molecular formula is C24H33N2O+. The topological polar surface area (TPSA) is 45.7 Å². The molecule has 3 heteroatoms. The summed E-state index contributed by atoms with van der Waals surface area (Å²) in [6, 6.07) is 19.5. The molecule has 2 aromatic carbocycles. The van der Waals surface area contributed by atoms with E-state index in [9.17, 15) is 4.79 Å². The molecule has 1 fully saturated rings. The van der Waals surface area contributed by atoms with E-state index in [0.29, 0.717) is 17.9 Å². The van der Waals surface area contributed by atoms with Gasteiger partial charge < -0.3 is 10.6 Å². The van der Waals surface area contributed by atoms with Crippen molar-refractivity contribution in [2.24, 2.45) is 5.92 Å². The van der Waals surface area contributed by atoms with Crippen LogP contribution in [0.1, 0.15) is 75.2 Å². The van der Waals surface area contributed by atoms with E-state index in [-0.39, 0.29) is 18.0 Å². The highest BCUT2D eigenvalue weighted by molar-refractivity contribution is 5.82. The van der Waals surface area contributed by atoms with Gasteiger partial charge in [-0.25, -0.2) is 0 Å². The minimum absolute atomic E-state index is 0.133. The number of rotatable bonds is 8. The van der Waals surface area contributed by atoms with Gasteiger partial charge in [-0.3, -0.25) is 4.79 Å². The molecule has 2 atom stereocenters. The van der Waals surface area contributed by atoms with Crippen LogP contribution in [0, 0.1) is 5.92 Å². The van der Waals surface area contributed by atoms with Crippen molar-refractivity contribution in [2.75, 3.05) is 0 Å². The molecular weight excluding hydrogens is 332 g/mol. The number of nitrogens with one attached hydrogen (secondary N) is 1. The summed E-state index contributed by atoms with van der Waals surface area (Å²) in [6.07, 6.45) is 2.22. The zero-order chi connectivity index (χ0) is 19.4. The second kappa shape index (κ2) is 8.71. The third kappa shape index (κ3) is 5.20. The van der Waals surface area contributed by atoms with Crippen molar-refractivity contribution in [1.29, 1.82) is 0 Å². The predicted octanol–water partition coefficient (Wildman–Crippen LogP) is 4.09. The first-order chi connectivity index (χ1) is 13.0. The van der Waals surface area contributed by atoms with Crippen LogP contribution in [0.4, 0.5) is 0 Å². The van der Waals surface area contributed by atoms with Gasteiger partial charge in [0.1, 0.15) is 6.04 Å². The highest BCUT2D eigenvalue weighted by atomic mass is 16.2. The Bertz CT molecular complexity index is 733. The van der Waals surface area contributed by atoms with E-state index in [0.717, 1.165) is 18.4 Å². The number of hydrogen-bond acceptors (Lipinski definition) is 1.